The quantitative estimate of drug-likeness (QED) is 0.852. The molecule has 1 fully saturated rings. The van der Waals surface area contributed by atoms with E-state index in [4.69, 9.17) is 0 Å². The van der Waals surface area contributed by atoms with Gasteiger partial charge in [0, 0.05) is 30.2 Å². The van der Waals surface area contributed by atoms with Crippen LogP contribution in [0.1, 0.15) is 31.7 Å². The number of benzene rings is 1. The molecule has 1 aliphatic rings. The van der Waals surface area contributed by atoms with Gasteiger partial charge in [0.1, 0.15) is 0 Å². The van der Waals surface area contributed by atoms with Crippen LogP contribution in [0.5, 0.6) is 0 Å². The molecule has 114 valence electrons. The summed E-state index contributed by atoms with van der Waals surface area (Å²) < 4.78 is 0. The van der Waals surface area contributed by atoms with Gasteiger partial charge in [-0.2, -0.15) is 0 Å². The highest BCUT2D eigenvalue weighted by Crippen LogP contribution is 2.21. The maximum atomic E-state index is 3.54. The molecule has 3 heteroatoms. The average molecular weight is 285 g/mol. The smallest absolute Gasteiger partial charge is 0.0457 e. The van der Waals surface area contributed by atoms with Crippen LogP contribution < -0.4 is 5.32 Å². The summed E-state index contributed by atoms with van der Waals surface area (Å²) in [6, 6.07) is 8.62. The SMILES string of the molecule is CCCN(Cc1c[nH]c2ccccc12)CC1CCCNC1. The van der Waals surface area contributed by atoms with Gasteiger partial charge in [-0.05, 0) is 56.4 Å². The van der Waals surface area contributed by atoms with Crippen LogP contribution in [-0.4, -0.2) is 36.1 Å². The minimum atomic E-state index is 0.815. The highest BCUT2D eigenvalue weighted by Gasteiger charge is 2.17. The maximum absolute atomic E-state index is 3.54. The molecule has 1 atom stereocenters. The fourth-order valence-electron chi connectivity index (χ4n) is 3.50. The number of aromatic nitrogens is 1. The third-order valence-corrected chi connectivity index (χ3v) is 4.52. The third-order valence-electron chi connectivity index (χ3n) is 4.52. The number of rotatable bonds is 6. The van der Waals surface area contributed by atoms with E-state index < -0.39 is 0 Å². The molecule has 21 heavy (non-hydrogen) atoms. The maximum Gasteiger partial charge on any atom is 0.0457 e. The second-order valence-electron chi connectivity index (χ2n) is 6.31. The molecule has 1 aromatic carbocycles. The molecule has 0 amide bonds. The van der Waals surface area contributed by atoms with Gasteiger partial charge in [0.25, 0.3) is 0 Å². The topological polar surface area (TPSA) is 31.1 Å². The minimum Gasteiger partial charge on any atom is -0.361 e. The fraction of sp³-hybridized carbons (Fsp3) is 0.556. The van der Waals surface area contributed by atoms with E-state index in [1.165, 1.54) is 61.9 Å². The van der Waals surface area contributed by atoms with Gasteiger partial charge in [-0.25, -0.2) is 0 Å². The van der Waals surface area contributed by atoms with E-state index in [1.54, 1.807) is 0 Å². The van der Waals surface area contributed by atoms with Gasteiger partial charge in [0.05, 0.1) is 0 Å². The molecule has 0 radical (unpaired) electrons. The molecule has 0 bridgehead atoms. The summed E-state index contributed by atoms with van der Waals surface area (Å²) in [5.41, 5.74) is 2.69. The highest BCUT2D eigenvalue weighted by molar-refractivity contribution is 5.82. The Labute approximate surface area is 127 Å². The van der Waals surface area contributed by atoms with Crippen molar-refractivity contribution in [3.05, 3.63) is 36.0 Å². The van der Waals surface area contributed by atoms with Crippen molar-refractivity contribution in [3.63, 3.8) is 0 Å². The lowest BCUT2D eigenvalue weighted by molar-refractivity contribution is 0.202. The molecule has 0 saturated carbocycles. The number of para-hydroxylation sites is 1. The molecule has 0 aliphatic carbocycles. The van der Waals surface area contributed by atoms with Crippen LogP contribution in [0.3, 0.4) is 0 Å². The second kappa shape index (κ2) is 7.10. The fourth-order valence-corrected chi connectivity index (χ4v) is 3.50. The normalized spacial score (nSPS) is 19.4. The molecule has 3 nitrogen and oxygen atoms in total. The van der Waals surface area contributed by atoms with E-state index in [9.17, 15) is 0 Å². The standard InChI is InChI=1S/C18H27N3/c1-2-10-21(13-15-6-5-9-19-11-15)14-16-12-20-18-8-4-3-7-17(16)18/h3-4,7-8,12,15,19-20H,2,5-6,9-11,13-14H2,1H3. The minimum absolute atomic E-state index is 0.815. The predicted octanol–water partition coefficient (Wildman–Crippen LogP) is 3.38. The second-order valence-corrected chi connectivity index (χ2v) is 6.31. The summed E-state index contributed by atoms with van der Waals surface area (Å²) in [6.07, 6.45) is 6.12. The first kappa shape index (κ1) is 14.6. The lowest BCUT2D eigenvalue weighted by Gasteiger charge is -2.30. The molecule has 2 heterocycles. The van der Waals surface area contributed by atoms with Gasteiger partial charge >= 0.3 is 0 Å². The summed E-state index contributed by atoms with van der Waals surface area (Å²) in [5, 5.41) is 4.91. The lowest BCUT2D eigenvalue weighted by atomic mass is 9.98. The molecule has 1 aliphatic heterocycles. The van der Waals surface area contributed by atoms with Gasteiger partial charge < -0.3 is 10.3 Å². The Hall–Kier alpha value is -1.32. The van der Waals surface area contributed by atoms with Crippen LogP contribution in [0.2, 0.25) is 0 Å². The van der Waals surface area contributed by atoms with Crippen LogP contribution in [0.15, 0.2) is 30.5 Å². The first-order valence-corrected chi connectivity index (χ1v) is 8.35. The average Bonchev–Trinajstić information content (AvgIpc) is 2.92. The van der Waals surface area contributed by atoms with Crippen molar-refractivity contribution in [2.24, 2.45) is 5.92 Å². The molecule has 2 aromatic rings. The monoisotopic (exact) mass is 285 g/mol. The Kier molecular flexibility index (Phi) is 4.94. The molecular weight excluding hydrogens is 258 g/mol. The van der Waals surface area contributed by atoms with Crippen molar-refractivity contribution >= 4 is 10.9 Å². The van der Waals surface area contributed by atoms with Crippen LogP contribution >= 0.6 is 0 Å². The number of nitrogens with one attached hydrogen (secondary N) is 2. The van der Waals surface area contributed by atoms with Crippen molar-refractivity contribution in [2.75, 3.05) is 26.2 Å². The molecule has 1 saturated heterocycles. The van der Waals surface area contributed by atoms with E-state index in [0.717, 1.165) is 12.5 Å². The summed E-state index contributed by atoms with van der Waals surface area (Å²) in [7, 11) is 0. The summed E-state index contributed by atoms with van der Waals surface area (Å²) in [5.74, 6) is 0.815. The molecule has 2 N–H and O–H groups in total. The molecule has 1 aromatic heterocycles. The Balaban J connectivity index is 1.69. The van der Waals surface area contributed by atoms with Crippen molar-refractivity contribution < 1.29 is 0 Å². The summed E-state index contributed by atoms with van der Waals surface area (Å²) in [4.78, 5) is 6.03. The van der Waals surface area contributed by atoms with Crippen LogP contribution in [0, 0.1) is 5.92 Å². The number of hydrogen-bond acceptors (Lipinski definition) is 2. The zero-order valence-electron chi connectivity index (χ0n) is 13.1. The largest absolute Gasteiger partial charge is 0.361 e. The highest BCUT2D eigenvalue weighted by atomic mass is 15.1. The number of nitrogens with zero attached hydrogens (tertiary/aromatic N) is 1. The van der Waals surface area contributed by atoms with E-state index >= 15 is 0 Å². The van der Waals surface area contributed by atoms with Crippen molar-refractivity contribution in [2.45, 2.75) is 32.7 Å². The first-order chi connectivity index (χ1) is 10.4. The van der Waals surface area contributed by atoms with Crippen LogP contribution in [0.25, 0.3) is 10.9 Å². The molecule has 1 unspecified atom stereocenters. The van der Waals surface area contributed by atoms with Crippen molar-refractivity contribution in [3.8, 4) is 0 Å². The lowest BCUT2D eigenvalue weighted by Crippen LogP contribution is -2.38. The summed E-state index contributed by atoms with van der Waals surface area (Å²) >= 11 is 0. The number of hydrogen-bond donors (Lipinski definition) is 2. The number of aromatic amines is 1. The number of H-pyrrole nitrogens is 1. The van der Waals surface area contributed by atoms with E-state index in [-0.39, 0.29) is 0 Å². The van der Waals surface area contributed by atoms with Crippen molar-refractivity contribution in [1.82, 2.24) is 15.2 Å². The van der Waals surface area contributed by atoms with Gasteiger partial charge in [-0.3, -0.25) is 4.90 Å². The molecular formula is C18H27N3. The van der Waals surface area contributed by atoms with Gasteiger partial charge in [0.15, 0.2) is 0 Å². The predicted molar refractivity (Wildman–Crippen MR) is 89.5 cm³/mol. The van der Waals surface area contributed by atoms with E-state index in [0.29, 0.717) is 0 Å². The first-order valence-electron chi connectivity index (χ1n) is 8.35. The molecule has 0 spiro atoms. The van der Waals surface area contributed by atoms with Gasteiger partial charge in [0.2, 0.25) is 0 Å². The Morgan fingerprint density at radius 1 is 1.29 bits per heavy atom. The van der Waals surface area contributed by atoms with Gasteiger partial charge in [-0.15, -0.1) is 0 Å². The third kappa shape index (κ3) is 3.66. The summed E-state index contributed by atoms with van der Waals surface area (Å²) in [6.45, 7) is 8.15. The Morgan fingerprint density at radius 3 is 3.00 bits per heavy atom. The van der Waals surface area contributed by atoms with Crippen LogP contribution in [-0.2, 0) is 6.54 Å². The zero-order valence-corrected chi connectivity index (χ0v) is 13.1. The Morgan fingerprint density at radius 2 is 2.19 bits per heavy atom. The number of piperidine rings is 1. The van der Waals surface area contributed by atoms with Gasteiger partial charge in [-0.1, -0.05) is 25.1 Å². The van der Waals surface area contributed by atoms with E-state index in [2.05, 4.69) is 52.6 Å². The molecule has 3 rings (SSSR count). The van der Waals surface area contributed by atoms with Crippen LogP contribution in [0.4, 0.5) is 0 Å². The Bertz CT molecular complexity index is 554. The van der Waals surface area contributed by atoms with E-state index in [1.807, 2.05) is 0 Å². The number of fused-ring (bicyclic) bond motifs is 1. The van der Waals surface area contributed by atoms with Crippen molar-refractivity contribution in [1.29, 1.82) is 0 Å². The zero-order chi connectivity index (χ0) is 14.5.